The molecule has 0 aliphatic rings. The minimum absolute atomic E-state index is 0.269. The molecule has 2 aromatic rings. The zero-order chi connectivity index (χ0) is 13.4. The zero-order valence-electron chi connectivity index (χ0n) is 9.92. The van der Waals surface area contributed by atoms with Crippen LogP contribution in [0.2, 0.25) is 5.02 Å². The van der Waals surface area contributed by atoms with Gasteiger partial charge in [-0.3, -0.25) is 0 Å². The number of nitrogen functional groups attached to an aromatic ring is 1. The molecule has 0 radical (unpaired) electrons. The van der Waals surface area contributed by atoms with Gasteiger partial charge in [-0.1, -0.05) is 17.7 Å². The third-order valence-corrected chi connectivity index (χ3v) is 3.29. The summed E-state index contributed by atoms with van der Waals surface area (Å²) < 4.78 is 27.9. The lowest BCUT2D eigenvalue weighted by Crippen LogP contribution is -2.13. The van der Waals surface area contributed by atoms with Crippen molar-refractivity contribution in [3.05, 3.63) is 46.1 Å². The Hall–Kier alpha value is -1.62. The van der Waals surface area contributed by atoms with Gasteiger partial charge in [0.25, 0.3) is 0 Å². The lowest BCUT2D eigenvalue weighted by Gasteiger charge is -2.15. The van der Waals surface area contributed by atoms with Crippen molar-refractivity contribution in [2.45, 2.75) is 19.9 Å². The maximum absolute atomic E-state index is 13.7. The maximum Gasteiger partial charge on any atom is 0.141 e. The van der Waals surface area contributed by atoms with Crippen LogP contribution in [0.1, 0.15) is 24.2 Å². The number of aryl methyl sites for hydroxylation is 1. The van der Waals surface area contributed by atoms with Crippen molar-refractivity contribution in [3.8, 4) is 0 Å². The number of benzene rings is 1. The number of hydrogen-bond acceptors (Lipinski definition) is 2. The van der Waals surface area contributed by atoms with E-state index in [1.54, 1.807) is 13.8 Å². The number of aromatic nitrogens is 2. The number of halogens is 3. The Morgan fingerprint density at radius 1 is 1.39 bits per heavy atom. The first-order valence-corrected chi connectivity index (χ1v) is 5.74. The third-order valence-electron chi connectivity index (χ3n) is 2.83. The Morgan fingerprint density at radius 2 is 2.06 bits per heavy atom. The van der Waals surface area contributed by atoms with Gasteiger partial charge in [0.1, 0.15) is 22.5 Å². The molecule has 0 amide bonds. The van der Waals surface area contributed by atoms with Crippen LogP contribution in [0.5, 0.6) is 0 Å². The van der Waals surface area contributed by atoms with E-state index in [1.165, 1.54) is 16.8 Å². The standard InChI is InChI=1S/C12H12ClF2N3/c1-6-11(13)12(16)18(17-6)7(2)9-4-3-8(14)5-10(9)15/h3-5,7H,16H2,1-2H3. The van der Waals surface area contributed by atoms with Gasteiger partial charge < -0.3 is 5.73 Å². The van der Waals surface area contributed by atoms with Gasteiger partial charge in [0.15, 0.2) is 0 Å². The first kappa shape index (κ1) is 12.8. The molecule has 1 aromatic heterocycles. The number of hydrogen-bond donors (Lipinski definition) is 1. The van der Waals surface area contributed by atoms with E-state index in [4.69, 9.17) is 17.3 Å². The molecule has 2 rings (SSSR count). The van der Waals surface area contributed by atoms with E-state index in [-0.39, 0.29) is 5.82 Å². The molecule has 3 nitrogen and oxygen atoms in total. The summed E-state index contributed by atoms with van der Waals surface area (Å²) in [5.41, 5.74) is 6.67. The molecule has 6 heteroatoms. The maximum atomic E-state index is 13.7. The minimum atomic E-state index is -0.633. The Kier molecular flexibility index (Phi) is 3.26. The fraction of sp³-hybridized carbons (Fsp3) is 0.250. The molecule has 0 aliphatic carbocycles. The monoisotopic (exact) mass is 271 g/mol. The molecule has 1 unspecified atom stereocenters. The normalized spacial score (nSPS) is 12.7. The molecule has 0 saturated heterocycles. The van der Waals surface area contributed by atoms with Crippen molar-refractivity contribution in [2.75, 3.05) is 5.73 Å². The van der Waals surface area contributed by atoms with Gasteiger partial charge in [0.05, 0.1) is 11.7 Å². The van der Waals surface area contributed by atoms with Gasteiger partial charge in [-0.05, 0) is 19.9 Å². The highest BCUT2D eigenvalue weighted by Crippen LogP contribution is 2.29. The SMILES string of the molecule is Cc1nn(C(C)c2ccc(F)cc2F)c(N)c1Cl. The highest BCUT2D eigenvalue weighted by molar-refractivity contribution is 6.33. The van der Waals surface area contributed by atoms with Crippen molar-refractivity contribution >= 4 is 17.4 Å². The second kappa shape index (κ2) is 4.57. The first-order valence-electron chi connectivity index (χ1n) is 5.37. The van der Waals surface area contributed by atoms with Crippen LogP contribution in [-0.4, -0.2) is 9.78 Å². The Bertz CT molecular complexity index is 595. The number of rotatable bonds is 2. The fourth-order valence-electron chi connectivity index (χ4n) is 1.81. The van der Waals surface area contributed by atoms with E-state index in [0.717, 1.165) is 6.07 Å². The fourth-order valence-corrected chi connectivity index (χ4v) is 1.94. The van der Waals surface area contributed by atoms with E-state index in [9.17, 15) is 8.78 Å². The third kappa shape index (κ3) is 2.06. The van der Waals surface area contributed by atoms with Gasteiger partial charge in [-0.25, -0.2) is 13.5 Å². The van der Waals surface area contributed by atoms with Gasteiger partial charge >= 0.3 is 0 Å². The molecular weight excluding hydrogens is 260 g/mol. The van der Waals surface area contributed by atoms with Crippen molar-refractivity contribution in [1.82, 2.24) is 9.78 Å². The van der Waals surface area contributed by atoms with Crippen LogP contribution < -0.4 is 5.73 Å². The molecule has 18 heavy (non-hydrogen) atoms. The Morgan fingerprint density at radius 3 is 2.56 bits per heavy atom. The highest BCUT2D eigenvalue weighted by Gasteiger charge is 2.19. The second-order valence-electron chi connectivity index (χ2n) is 4.07. The van der Waals surface area contributed by atoms with Gasteiger partial charge in [0.2, 0.25) is 0 Å². The lowest BCUT2D eigenvalue weighted by atomic mass is 10.1. The molecule has 2 N–H and O–H groups in total. The van der Waals surface area contributed by atoms with E-state index >= 15 is 0 Å². The van der Waals surface area contributed by atoms with Crippen LogP contribution in [0.15, 0.2) is 18.2 Å². The molecule has 0 bridgehead atoms. The molecule has 0 saturated carbocycles. The summed E-state index contributed by atoms with van der Waals surface area (Å²) in [6, 6.07) is 2.94. The lowest BCUT2D eigenvalue weighted by molar-refractivity contribution is 0.514. The molecule has 1 aromatic carbocycles. The summed E-state index contributed by atoms with van der Waals surface area (Å²) in [6.45, 7) is 3.43. The van der Waals surface area contributed by atoms with Crippen molar-refractivity contribution in [1.29, 1.82) is 0 Å². The van der Waals surface area contributed by atoms with E-state index in [0.29, 0.717) is 16.3 Å². The molecular formula is C12H12ClF2N3. The van der Waals surface area contributed by atoms with Gasteiger partial charge in [0, 0.05) is 11.6 Å². The molecule has 1 heterocycles. The summed E-state index contributed by atoms with van der Waals surface area (Å²) in [5, 5.41) is 4.50. The quantitative estimate of drug-likeness (QED) is 0.911. The average molecular weight is 272 g/mol. The predicted octanol–water partition coefficient (Wildman–Crippen LogP) is 3.31. The molecule has 96 valence electrons. The largest absolute Gasteiger partial charge is 0.383 e. The molecule has 0 fully saturated rings. The van der Waals surface area contributed by atoms with Crippen LogP contribution in [0.25, 0.3) is 0 Å². The van der Waals surface area contributed by atoms with Gasteiger partial charge in [-0.2, -0.15) is 5.10 Å². The van der Waals surface area contributed by atoms with Crippen LogP contribution >= 0.6 is 11.6 Å². The summed E-state index contributed by atoms with van der Waals surface area (Å²) in [6.07, 6.45) is 0. The topological polar surface area (TPSA) is 43.8 Å². The first-order chi connectivity index (χ1) is 8.41. The molecule has 0 aliphatic heterocycles. The Balaban J connectivity index is 2.47. The number of nitrogens with zero attached hydrogens (tertiary/aromatic N) is 2. The number of nitrogens with two attached hydrogens (primary N) is 1. The average Bonchev–Trinajstić information content (AvgIpc) is 2.56. The zero-order valence-corrected chi connectivity index (χ0v) is 10.7. The van der Waals surface area contributed by atoms with Crippen LogP contribution in [0, 0.1) is 18.6 Å². The van der Waals surface area contributed by atoms with E-state index in [1.807, 2.05) is 0 Å². The predicted molar refractivity (Wildman–Crippen MR) is 66.6 cm³/mol. The van der Waals surface area contributed by atoms with Crippen LogP contribution in [-0.2, 0) is 0 Å². The van der Waals surface area contributed by atoms with E-state index in [2.05, 4.69) is 5.10 Å². The van der Waals surface area contributed by atoms with Crippen molar-refractivity contribution in [3.63, 3.8) is 0 Å². The summed E-state index contributed by atoms with van der Waals surface area (Å²) in [7, 11) is 0. The smallest absolute Gasteiger partial charge is 0.141 e. The molecule has 1 atom stereocenters. The van der Waals surface area contributed by atoms with E-state index < -0.39 is 17.7 Å². The van der Waals surface area contributed by atoms with Gasteiger partial charge in [-0.15, -0.1) is 0 Å². The van der Waals surface area contributed by atoms with Crippen LogP contribution in [0.3, 0.4) is 0 Å². The number of anilines is 1. The molecule has 0 spiro atoms. The summed E-state index contributed by atoms with van der Waals surface area (Å²) >= 11 is 5.93. The highest BCUT2D eigenvalue weighted by atomic mass is 35.5. The van der Waals surface area contributed by atoms with Crippen LogP contribution in [0.4, 0.5) is 14.6 Å². The Labute approximate surface area is 108 Å². The minimum Gasteiger partial charge on any atom is -0.383 e. The second-order valence-corrected chi connectivity index (χ2v) is 4.45. The van der Waals surface area contributed by atoms with Crippen molar-refractivity contribution < 1.29 is 8.78 Å². The van der Waals surface area contributed by atoms with Crippen molar-refractivity contribution in [2.24, 2.45) is 0 Å². The summed E-state index contributed by atoms with van der Waals surface area (Å²) in [5.74, 6) is -0.984. The summed E-state index contributed by atoms with van der Waals surface area (Å²) in [4.78, 5) is 0.